The Morgan fingerprint density at radius 2 is 1.80 bits per heavy atom. The second-order valence-electron chi connectivity index (χ2n) is 4.83. The van der Waals surface area contributed by atoms with E-state index in [2.05, 4.69) is 20.3 Å². The van der Waals surface area contributed by atoms with Crippen molar-refractivity contribution in [2.45, 2.75) is 4.90 Å². The van der Waals surface area contributed by atoms with Crippen LogP contribution in [0.25, 0.3) is 11.0 Å². The average Bonchev–Trinajstić information content (AvgIpc) is 3.05. The summed E-state index contributed by atoms with van der Waals surface area (Å²) < 4.78 is 66.4. The highest BCUT2D eigenvalue weighted by Gasteiger charge is 2.31. The van der Waals surface area contributed by atoms with E-state index in [9.17, 15) is 26.6 Å². The molecule has 25 heavy (non-hydrogen) atoms. The molecule has 2 N–H and O–H groups in total. The number of halogens is 4. The van der Waals surface area contributed by atoms with Crippen LogP contribution < -0.4 is 5.32 Å². The molecule has 130 valence electrons. The fraction of sp³-hybridized carbons (Fsp3) is 0.0714. The van der Waals surface area contributed by atoms with E-state index in [-0.39, 0.29) is 5.82 Å². The largest absolute Gasteiger partial charge is 0.346 e. The minimum absolute atomic E-state index is 0.0753. The van der Waals surface area contributed by atoms with Crippen LogP contribution in [-0.2, 0) is 10.8 Å². The fourth-order valence-electron chi connectivity index (χ4n) is 2.23. The minimum Gasteiger partial charge on any atom is -0.346 e. The Morgan fingerprint density at radius 3 is 2.48 bits per heavy atom. The van der Waals surface area contributed by atoms with Gasteiger partial charge in [0.25, 0.3) is 5.91 Å². The molecule has 0 aliphatic heterocycles. The van der Waals surface area contributed by atoms with Crippen molar-refractivity contribution in [1.82, 2.24) is 15.0 Å². The maximum atomic E-state index is 14.1. The van der Waals surface area contributed by atoms with Gasteiger partial charge in [0.2, 0.25) is 0 Å². The number of H-pyrrole nitrogens is 1. The van der Waals surface area contributed by atoms with Crippen molar-refractivity contribution in [1.29, 1.82) is 0 Å². The van der Waals surface area contributed by atoms with Crippen LogP contribution in [0.4, 0.5) is 23.4 Å². The first-order valence-electron chi connectivity index (χ1n) is 6.61. The van der Waals surface area contributed by atoms with E-state index in [0.29, 0.717) is 11.0 Å². The topological polar surface area (TPSA) is 87.7 Å². The molecule has 2 aromatic heterocycles. The summed E-state index contributed by atoms with van der Waals surface area (Å²) in [5, 5.41) is 2.50. The number of nitrogens with one attached hydrogen (secondary N) is 2. The van der Waals surface area contributed by atoms with E-state index in [1.807, 2.05) is 0 Å². The minimum atomic E-state index is -2.30. The molecule has 3 rings (SSSR count). The monoisotopic (exact) mass is 372 g/mol. The van der Waals surface area contributed by atoms with Gasteiger partial charge in [0, 0.05) is 12.5 Å². The van der Waals surface area contributed by atoms with E-state index in [1.54, 1.807) is 0 Å². The quantitative estimate of drug-likeness (QED) is 0.420. The molecular weight excluding hydrogens is 364 g/mol. The van der Waals surface area contributed by atoms with Crippen molar-refractivity contribution >= 4 is 33.6 Å². The van der Waals surface area contributed by atoms with Gasteiger partial charge in [-0.15, -0.1) is 0 Å². The second-order valence-corrected chi connectivity index (χ2v) is 6.15. The van der Waals surface area contributed by atoms with Crippen molar-refractivity contribution in [3.8, 4) is 0 Å². The molecule has 3 aromatic rings. The van der Waals surface area contributed by atoms with Crippen molar-refractivity contribution in [2.24, 2.45) is 0 Å². The molecule has 1 atom stereocenters. The van der Waals surface area contributed by atoms with Gasteiger partial charge in [-0.3, -0.25) is 9.00 Å². The van der Waals surface area contributed by atoms with Crippen LogP contribution in [0.3, 0.4) is 0 Å². The number of hydrogen-bond acceptors (Lipinski definition) is 4. The van der Waals surface area contributed by atoms with Gasteiger partial charge in [-0.2, -0.15) is 0 Å². The fourth-order valence-corrected chi connectivity index (χ4v) is 3.04. The summed E-state index contributed by atoms with van der Waals surface area (Å²) in [6, 6.07) is 1.51. The molecule has 0 unspecified atom stereocenters. The number of aromatic nitrogens is 3. The molecule has 0 saturated carbocycles. The van der Waals surface area contributed by atoms with Crippen molar-refractivity contribution in [3.63, 3.8) is 0 Å². The van der Waals surface area contributed by atoms with E-state index >= 15 is 0 Å². The molecule has 0 fully saturated rings. The number of anilines is 1. The number of fused-ring (bicyclic) bond motifs is 1. The van der Waals surface area contributed by atoms with E-state index in [1.165, 1.54) is 12.3 Å². The van der Waals surface area contributed by atoms with Gasteiger partial charge in [-0.25, -0.2) is 27.5 Å². The normalized spacial score (nSPS) is 12.4. The lowest BCUT2D eigenvalue weighted by molar-refractivity contribution is 0.101. The van der Waals surface area contributed by atoms with Gasteiger partial charge in [0.05, 0.1) is 26.6 Å². The Morgan fingerprint density at radius 1 is 1.12 bits per heavy atom. The van der Waals surface area contributed by atoms with Crippen LogP contribution >= 0.6 is 0 Å². The summed E-state index contributed by atoms with van der Waals surface area (Å²) in [6.07, 6.45) is 3.50. The predicted molar refractivity (Wildman–Crippen MR) is 80.4 cm³/mol. The Bertz CT molecular complexity index is 1040. The third kappa shape index (κ3) is 2.76. The molecule has 0 saturated heterocycles. The van der Waals surface area contributed by atoms with E-state index < -0.39 is 50.4 Å². The molecule has 0 spiro atoms. The lowest BCUT2D eigenvalue weighted by Crippen LogP contribution is -2.21. The lowest BCUT2D eigenvalue weighted by Gasteiger charge is -2.12. The molecule has 0 bridgehead atoms. The van der Waals surface area contributed by atoms with Crippen LogP contribution in [0.15, 0.2) is 23.5 Å². The first-order valence-corrected chi connectivity index (χ1v) is 8.17. The highest BCUT2D eigenvalue weighted by Crippen LogP contribution is 2.28. The van der Waals surface area contributed by atoms with Crippen molar-refractivity contribution < 1.29 is 26.6 Å². The summed E-state index contributed by atoms with van der Waals surface area (Å²) in [7, 11) is -2.30. The smallest absolute Gasteiger partial charge is 0.261 e. The number of aromatic amines is 1. The number of rotatable bonds is 3. The Balaban J connectivity index is 2.14. The summed E-state index contributed by atoms with van der Waals surface area (Å²) in [4.78, 5) is 21.7. The zero-order chi connectivity index (χ0) is 18.3. The van der Waals surface area contributed by atoms with Crippen LogP contribution in [0, 0.1) is 23.3 Å². The molecule has 6 nitrogen and oxygen atoms in total. The van der Waals surface area contributed by atoms with Gasteiger partial charge in [-0.1, -0.05) is 0 Å². The van der Waals surface area contributed by atoms with Gasteiger partial charge < -0.3 is 10.3 Å². The number of hydrogen-bond donors (Lipinski definition) is 2. The zero-order valence-electron chi connectivity index (χ0n) is 12.4. The maximum absolute atomic E-state index is 14.1. The number of amides is 1. The van der Waals surface area contributed by atoms with Gasteiger partial charge >= 0.3 is 0 Å². The van der Waals surface area contributed by atoms with Gasteiger partial charge in [0.15, 0.2) is 23.3 Å². The molecule has 0 radical (unpaired) electrons. The van der Waals surface area contributed by atoms with Crippen molar-refractivity contribution in [2.75, 3.05) is 11.6 Å². The number of benzene rings is 1. The maximum Gasteiger partial charge on any atom is 0.261 e. The van der Waals surface area contributed by atoms with Crippen molar-refractivity contribution in [3.05, 3.63) is 47.4 Å². The Labute approximate surface area is 139 Å². The van der Waals surface area contributed by atoms with Crippen LogP contribution in [0.5, 0.6) is 0 Å². The highest BCUT2D eigenvalue weighted by molar-refractivity contribution is 7.84. The molecule has 11 heteroatoms. The summed E-state index contributed by atoms with van der Waals surface area (Å²) >= 11 is 0. The number of carbonyl (C=O) groups excluding carboxylic acids is 1. The molecule has 1 aromatic carbocycles. The number of carbonyl (C=O) groups is 1. The Kier molecular flexibility index (Phi) is 4.25. The zero-order valence-corrected chi connectivity index (χ0v) is 13.2. The molecule has 0 aliphatic carbocycles. The third-order valence-electron chi connectivity index (χ3n) is 3.32. The van der Waals surface area contributed by atoms with Gasteiger partial charge in [0.1, 0.15) is 17.8 Å². The second kappa shape index (κ2) is 6.24. The summed E-state index contributed by atoms with van der Waals surface area (Å²) in [6.45, 7) is 0. The third-order valence-corrected chi connectivity index (χ3v) is 4.28. The van der Waals surface area contributed by atoms with Crippen LogP contribution in [0.1, 0.15) is 10.4 Å². The SMILES string of the molecule is C[S@](=O)c1c(F)c(F)c(F)c(F)c1C(=O)Nc1ncnc2[nH]ccc12. The number of nitrogens with zero attached hydrogens (tertiary/aromatic N) is 2. The molecular formula is C14H8F4N4O2S. The Hall–Kier alpha value is -2.82. The van der Waals surface area contributed by atoms with E-state index in [0.717, 1.165) is 12.6 Å². The lowest BCUT2D eigenvalue weighted by atomic mass is 10.1. The van der Waals surface area contributed by atoms with Crippen LogP contribution in [-0.4, -0.2) is 31.3 Å². The summed E-state index contributed by atoms with van der Waals surface area (Å²) in [5.41, 5.74) is -0.846. The first-order chi connectivity index (χ1) is 11.8. The molecule has 1 amide bonds. The molecule has 0 aliphatic rings. The highest BCUT2D eigenvalue weighted by atomic mass is 32.2. The first kappa shape index (κ1) is 17.0. The molecule has 2 heterocycles. The predicted octanol–water partition coefficient (Wildman–Crippen LogP) is 2.50. The summed E-state index contributed by atoms with van der Waals surface area (Å²) in [5.74, 6) is -9.56. The van der Waals surface area contributed by atoms with E-state index in [4.69, 9.17) is 0 Å². The standard InChI is InChI=1S/C14H8F4N4O2S/c1-25(24)11-6(7(15)8(16)9(17)10(11)18)14(23)22-13-5-2-3-19-12(5)20-4-21-13/h2-4H,1H3,(H2,19,20,21,22,23)/t25-/m0/s1. The van der Waals surface area contributed by atoms with Gasteiger partial charge in [-0.05, 0) is 6.07 Å². The average molecular weight is 372 g/mol. The van der Waals surface area contributed by atoms with Crippen LogP contribution in [0.2, 0.25) is 0 Å².